The molecule has 0 N–H and O–H groups in total. The van der Waals surface area contributed by atoms with Crippen molar-refractivity contribution in [1.82, 2.24) is 0 Å². The molecule has 0 radical (unpaired) electrons. The maximum atomic E-state index is 9.38. The van der Waals surface area contributed by atoms with Crippen LogP contribution in [0.25, 0.3) is 9.81 Å². The Hall–Kier alpha value is -2.51. The van der Waals surface area contributed by atoms with Crippen LogP contribution in [-0.2, 0) is 0 Å². The number of rotatable bonds is 3. The zero-order chi connectivity index (χ0) is 18.0. The third-order valence-corrected chi connectivity index (χ3v) is 5.73. The van der Waals surface area contributed by atoms with Gasteiger partial charge in [-0.3, -0.25) is 0 Å². The van der Waals surface area contributed by atoms with Crippen LogP contribution in [0.3, 0.4) is 0 Å². The predicted octanol–water partition coefficient (Wildman–Crippen LogP) is 6.99. The van der Waals surface area contributed by atoms with Gasteiger partial charge in [0.05, 0.1) is 0 Å². The van der Waals surface area contributed by atoms with Crippen LogP contribution in [0, 0.1) is 0 Å². The highest BCUT2D eigenvalue weighted by atomic mass is 32.2. The van der Waals surface area contributed by atoms with Gasteiger partial charge >= 0.3 is 0 Å². The monoisotopic (exact) mass is 341 g/mol. The lowest BCUT2D eigenvalue weighted by Crippen LogP contribution is -2.04. The van der Waals surface area contributed by atoms with Crippen LogP contribution in [0.4, 0.5) is 0 Å². The summed E-state index contributed by atoms with van der Waals surface area (Å²) in [6.07, 6.45) is 2.10. The molecule has 0 aliphatic carbocycles. The van der Waals surface area contributed by atoms with Crippen LogP contribution in [0.15, 0.2) is 103 Å². The Labute approximate surface area is 155 Å². The lowest BCUT2D eigenvalue weighted by Gasteiger charge is -2.26. The molecular formula is C24H20S. The summed E-state index contributed by atoms with van der Waals surface area (Å²) in [7, 11) is 0. The summed E-state index contributed by atoms with van der Waals surface area (Å²) < 4.78 is 9.38. The highest BCUT2D eigenvalue weighted by Gasteiger charge is 2.23. The van der Waals surface area contributed by atoms with E-state index in [1.807, 2.05) is 42.5 Å². The van der Waals surface area contributed by atoms with E-state index in [1.165, 1.54) is 10.5 Å². The number of hydrogen-bond donors (Lipinski definition) is 0. The molecule has 4 rings (SSSR count). The van der Waals surface area contributed by atoms with Gasteiger partial charge in [0.25, 0.3) is 0 Å². The molecule has 0 amide bonds. The molecule has 1 unspecified atom stereocenters. The van der Waals surface area contributed by atoms with Crippen LogP contribution in [0.1, 0.15) is 30.9 Å². The molecule has 0 bridgehead atoms. The molecule has 1 heterocycles. The number of allylic oxidation sites excluding steroid dienone is 2. The van der Waals surface area contributed by atoms with E-state index in [1.54, 1.807) is 11.8 Å². The molecule has 1 heteroatoms. The molecule has 0 fully saturated rings. The number of hydrogen-bond acceptors (Lipinski definition) is 1. The van der Waals surface area contributed by atoms with Gasteiger partial charge in [0.15, 0.2) is 0 Å². The fraction of sp³-hybridized carbons (Fsp3) is 0.0833. The molecule has 3 aromatic carbocycles. The zero-order valence-electron chi connectivity index (χ0n) is 15.1. The Kier molecular flexibility index (Phi) is 4.24. The first-order chi connectivity index (χ1) is 12.7. The molecule has 1 atom stereocenters. The molecular weight excluding hydrogens is 320 g/mol. The van der Waals surface area contributed by atoms with Gasteiger partial charge in [-0.1, -0.05) is 109 Å². The largest absolute Gasteiger partial charge is 0.0892 e. The Bertz CT molecular complexity index is 959. The average molecular weight is 341 g/mol. The second kappa shape index (κ2) is 7.16. The molecule has 122 valence electrons. The third-order valence-electron chi connectivity index (χ3n) is 4.41. The Balaban J connectivity index is 1.92. The maximum absolute atomic E-state index is 9.38. The van der Waals surface area contributed by atoms with Crippen molar-refractivity contribution in [3.05, 3.63) is 119 Å². The summed E-state index contributed by atoms with van der Waals surface area (Å²) in [5.74, 6) is -0.872. The maximum Gasteiger partial charge on any atom is 0.0443 e. The quantitative estimate of drug-likeness (QED) is 0.495. The van der Waals surface area contributed by atoms with E-state index in [9.17, 15) is 1.37 Å². The highest BCUT2D eigenvalue weighted by Crippen LogP contribution is 2.49. The summed E-state index contributed by atoms with van der Waals surface area (Å²) >= 11 is 1.76. The van der Waals surface area contributed by atoms with Crippen molar-refractivity contribution in [2.24, 2.45) is 0 Å². The first-order valence-electron chi connectivity index (χ1n) is 8.97. The van der Waals surface area contributed by atoms with Crippen LogP contribution >= 0.6 is 11.8 Å². The molecule has 0 aromatic heterocycles. The molecule has 1 aliphatic rings. The number of thioether (sulfide) groups is 1. The van der Waals surface area contributed by atoms with Gasteiger partial charge in [-0.2, -0.15) is 0 Å². The second-order valence-electron chi connectivity index (χ2n) is 6.08. The Morgan fingerprint density at radius 3 is 1.84 bits per heavy atom. The van der Waals surface area contributed by atoms with Crippen molar-refractivity contribution in [2.45, 2.75) is 12.8 Å². The minimum Gasteiger partial charge on any atom is -0.0892 e. The topological polar surface area (TPSA) is 0 Å². The zero-order valence-corrected chi connectivity index (χ0v) is 15.0. The van der Waals surface area contributed by atoms with Crippen molar-refractivity contribution in [2.75, 3.05) is 0 Å². The van der Waals surface area contributed by atoms with E-state index in [0.717, 1.165) is 21.6 Å². The SMILES string of the molecule is [2H]C1(c2ccccc2)C=C(c2ccccc2)SC(c2ccccc2)=C1C. The van der Waals surface area contributed by atoms with Gasteiger partial charge in [0.1, 0.15) is 0 Å². The van der Waals surface area contributed by atoms with E-state index in [4.69, 9.17) is 0 Å². The molecule has 0 spiro atoms. The molecule has 0 saturated carbocycles. The van der Waals surface area contributed by atoms with Gasteiger partial charge in [-0.15, -0.1) is 0 Å². The van der Waals surface area contributed by atoms with Gasteiger partial charge < -0.3 is 0 Å². The standard InChI is InChI=1S/C24H20S/c1-18-22(19-11-5-2-6-12-19)17-23(20-13-7-3-8-14-20)25-24(18)21-15-9-4-10-16-21/h2-17,22H,1H3/i22D. The minimum absolute atomic E-state index is 0.872. The van der Waals surface area contributed by atoms with Crippen molar-refractivity contribution in [1.29, 1.82) is 0 Å². The van der Waals surface area contributed by atoms with Crippen LogP contribution in [-0.4, -0.2) is 0 Å². The first-order valence-corrected chi connectivity index (χ1v) is 9.28. The number of benzene rings is 3. The van der Waals surface area contributed by atoms with Crippen LogP contribution in [0.2, 0.25) is 0 Å². The van der Waals surface area contributed by atoms with Crippen LogP contribution < -0.4 is 0 Å². The normalized spacial score (nSPS) is 20.8. The summed E-state index contributed by atoms with van der Waals surface area (Å²) in [6.45, 7) is 2.09. The van der Waals surface area contributed by atoms with Crippen molar-refractivity contribution >= 4 is 21.6 Å². The van der Waals surface area contributed by atoms with Crippen molar-refractivity contribution in [3.8, 4) is 0 Å². The van der Waals surface area contributed by atoms with Crippen LogP contribution in [0.5, 0.6) is 0 Å². The van der Waals surface area contributed by atoms with Gasteiger partial charge in [-0.25, -0.2) is 0 Å². The lowest BCUT2D eigenvalue weighted by molar-refractivity contribution is 0.999. The highest BCUT2D eigenvalue weighted by molar-refractivity contribution is 8.16. The van der Waals surface area contributed by atoms with Gasteiger partial charge in [0.2, 0.25) is 0 Å². The van der Waals surface area contributed by atoms with E-state index >= 15 is 0 Å². The minimum atomic E-state index is -0.872. The molecule has 3 aromatic rings. The summed E-state index contributed by atoms with van der Waals surface area (Å²) in [4.78, 5) is 2.31. The van der Waals surface area contributed by atoms with Crippen molar-refractivity contribution in [3.63, 3.8) is 0 Å². The lowest BCUT2D eigenvalue weighted by atomic mass is 9.89. The summed E-state index contributed by atoms with van der Waals surface area (Å²) in [5.41, 5.74) is 4.40. The van der Waals surface area contributed by atoms with E-state index in [-0.39, 0.29) is 0 Å². The Morgan fingerprint density at radius 2 is 1.24 bits per heavy atom. The summed E-state index contributed by atoms with van der Waals surface area (Å²) in [6, 6.07) is 30.9. The van der Waals surface area contributed by atoms with E-state index in [0.29, 0.717) is 0 Å². The predicted molar refractivity (Wildman–Crippen MR) is 110 cm³/mol. The molecule has 1 aliphatic heterocycles. The molecule has 25 heavy (non-hydrogen) atoms. The van der Waals surface area contributed by atoms with E-state index in [2.05, 4.69) is 61.5 Å². The third kappa shape index (κ3) is 3.33. The fourth-order valence-corrected chi connectivity index (χ4v) is 4.27. The smallest absolute Gasteiger partial charge is 0.0443 e. The molecule has 0 saturated heterocycles. The van der Waals surface area contributed by atoms with Gasteiger partial charge in [-0.05, 0) is 29.2 Å². The first kappa shape index (κ1) is 14.8. The average Bonchev–Trinajstić information content (AvgIpc) is 2.72. The fourth-order valence-electron chi connectivity index (χ4n) is 3.10. The summed E-state index contributed by atoms with van der Waals surface area (Å²) in [5, 5.41) is 0. The second-order valence-corrected chi connectivity index (χ2v) is 7.13. The Morgan fingerprint density at radius 1 is 0.720 bits per heavy atom. The van der Waals surface area contributed by atoms with Gasteiger partial charge in [0, 0.05) is 17.1 Å². The molecule has 0 nitrogen and oxygen atoms in total. The van der Waals surface area contributed by atoms with E-state index < -0.39 is 5.89 Å². The van der Waals surface area contributed by atoms with Crippen molar-refractivity contribution < 1.29 is 1.37 Å².